The molecule has 3 N–H and O–H groups in total. The molecule has 0 saturated carbocycles. The van der Waals surface area contributed by atoms with Crippen molar-refractivity contribution in [3.8, 4) is 0 Å². The number of benzene rings is 2. The highest BCUT2D eigenvalue weighted by atomic mass is 16.5. The number of carbonyl (C=O) groups excluding carboxylic acids is 1. The van der Waals surface area contributed by atoms with Gasteiger partial charge in [0.15, 0.2) is 0 Å². The van der Waals surface area contributed by atoms with Crippen LogP contribution >= 0.6 is 0 Å². The molecule has 2 aromatic rings. The fraction of sp³-hybridized carbons (Fsp3) is 0.235. The fourth-order valence-corrected chi connectivity index (χ4v) is 2.75. The number of para-hydroxylation sites is 1. The molecule has 5 nitrogen and oxygen atoms in total. The average Bonchev–Trinajstić information content (AvgIpc) is 2.53. The molecular weight excluding hydrogens is 278 g/mol. The van der Waals surface area contributed by atoms with E-state index in [0.29, 0.717) is 17.2 Å². The zero-order valence-electron chi connectivity index (χ0n) is 12.4. The third-order valence-electron chi connectivity index (χ3n) is 3.95. The van der Waals surface area contributed by atoms with Gasteiger partial charge in [0.2, 0.25) is 0 Å². The Labute approximate surface area is 129 Å². The molecule has 0 fully saturated rings. The molecule has 1 aliphatic rings. The van der Waals surface area contributed by atoms with Gasteiger partial charge in [-0.05, 0) is 35.7 Å². The van der Waals surface area contributed by atoms with Gasteiger partial charge in [-0.2, -0.15) is 5.06 Å². The molecule has 1 aliphatic heterocycles. The molecule has 114 valence electrons. The number of hydrogen-bond donors (Lipinski definition) is 2. The number of nitrogens with zero attached hydrogens (tertiary/aromatic N) is 2. The second kappa shape index (κ2) is 5.79. The minimum atomic E-state index is -0.681. The third kappa shape index (κ3) is 2.68. The molecule has 0 spiro atoms. The van der Waals surface area contributed by atoms with E-state index < -0.39 is 11.9 Å². The normalized spacial score (nSPS) is 17.3. The Morgan fingerprint density at radius 1 is 1.27 bits per heavy atom. The first-order chi connectivity index (χ1) is 10.6. The summed E-state index contributed by atoms with van der Waals surface area (Å²) in [5, 5.41) is 10.5. The van der Waals surface area contributed by atoms with Gasteiger partial charge in [-0.15, -0.1) is 0 Å². The van der Waals surface area contributed by atoms with Crippen LogP contribution < -0.4 is 15.7 Å². The van der Waals surface area contributed by atoms with Gasteiger partial charge in [-0.25, -0.2) is 0 Å². The second-order valence-corrected chi connectivity index (χ2v) is 5.62. The molecule has 3 rings (SSSR count). The van der Waals surface area contributed by atoms with Crippen LogP contribution in [0.2, 0.25) is 0 Å². The molecule has 22 heavy (non-hydrogen) atoms. The highest BCUT2D eigenvalue weighted by molar-refractivity contribution is 5.98. The summed E-state index contributed by atoms with van der Waals surface area (Å²) in [6.07, 6.45) is 0.452. The molecule has 1 atom stereocenters. The molecule has 1 heterocycles. The number of hydroxylamine groups is 1. The quantitative estimate of drug-likeness (QED) is 0.849. The second-order valence-electron chi connectivity index (χ2n) is 5.62. The number of anilines is 2. The third-order valence-corrected chi connectivity index (χ3v) is 3.95. The Balaban J connectivity index is 1.82. The lowest BCUT2D eigenvalue weighted by atomic mass is 9.97. The Bertz CT molecular complexity index is 688. The zero-order valence-corrected chi connectivity index (χ0v) is 12.4. The zero-order chi connectivity index (χ0) is 15.7. The van der Waals surface area contributed by atoms with Gasteiger partial charge >= 0.3 is 0 Å². The lowest BCUT2D eigenvalue weighted by Crippen LogP contribution is -2.47. The first-order valence-corrected chi connectivity index (χ1v) is 7.22. The van der Waals surface area contributed by atoms with Crippen LogP contribution in [0.1, 0.15) is 11.1 Å². The Morgan fingerprint density at radius 3 is 2.73 bits per heavy atom. The van der Waals surface area contributed by atoms with E-state index in [9.17, 15) is 10.0 Å². The monoisotopic (exact) mass is 297 g/mol. The van der Waals surface area contributed by atoms with Crippen LogP contribution in [0.5, 0.6) is 0 Å². The van der Waals surface area contributed by atoms with E-state index >= 15 is 0 Å². The summed E-state index contributed by atoms with van der Waals surface area (Å²) in [5.74, 6) is -0.457. The van der Waals surface area contributed by atoms with Crippen LogP contribution in [-0.2, 0) is 17.8 Å². The Morgan fingerprint density at radius 2 is 2.00 bits per heavy atom. The van der Waals surface area contributed by atoms with Crippen LogP contribution in [0.15, 0.2) is 48.5 Å². The van der Waals surface area contributed by atoms with Crippen molar-refractivity contribution < 1.29 is 10.0 Å². The van der Waals surface area contributed by atoms with Crippen molar-refractivity contribution in [2.45, 2.75) is 19.0 Å². The van der Waals surface area contributed by atoms with Gasteiger partial charge in [0, 0.05) is 19.3 Å². The van der Waals surface area contributed by atoms with Gasteiger partial charge in [-0.1, -0.05) is 30.3 Å². The van der Waals surface area contributed by atoms with Crippen LogP contribution in [-0.4, -0.2) is 24.2 Å². The summed E-state index contributed by atoms with van der Waals surface area (Å²) < 4.78 is 0. The van der Waals surface area contributed by atoms with Crippen molar-refractivity contribution in [3.05, 3.63) is 59.7 Å². The van der Waals surface area contributed by atoms with Gasteiger partial charge in [0.1, 0.15) is 0 Å². The predicted molar refractivity (Wildman–Crippen MR) is 85.9 cm³/mol. The van der Waals surface area contributed by atoms with Crippen LogP contribution in [0, 0.1) is 0 Å². The summed E-state index contributed by atoms with van der Waals surface area (Å²) >= 11 is 0. The van der Waals surface area contributed by atoms with Crippen LogP contribution in [0.4, 0.5) is 11.4 Å². The largest absolute Gasteiger partial charge is 0.370 e. The van der Waals surface area contributed by atoms with Crippen molar-refractivity contribution >= 4 is 17.3 Å². The summed E-state index contributed by atoms with van der Waals surface area (Å²) in [7, 11) is 2.03. The van der Waals surface area contributed by atoms with Crippen molar-refractivity contribution in [2.75, 3.05) is 17.0 Å². The maximum Gasteiger partial charge on any atom is 0.267 e. The minimum Gasteiger partial charge on any atom is -0.370 e. The number of hydrogen-bond acceptors (Lipinski definition) is 4. The molecule has 0 bridgehead atoms. The summed E-state index contributed by atoms with van der Waals surface area (Å²) in [6.45, 7) is 0.742. The van der Waals surface area contributed by atoms with Gasteiger partial charge < -0.3 is 10.6 Å². The minimum absolute atomic E-state index is 0.452. The van der Waals surface area contributed by atoms with E-state index in [1.165, 1.54) is 0 Å². The van der Waals surface area contributed by atoms with E-state index in [-0.39, 0.29) is 0 Å². The van der Waals surface area contributed by atoms with Gasteiger partial charge in [0.25, 0.3) is 5.91 Å². The summed E-state index contributed by atoms with van der Waals surface area (Å²) in [6, 6.07) is 15.1. The molecule has 5 heteroatoms. The molecular formula is C17H19N3O2. The maximum atomic E-state index is 11.7. The molecule has 0 aromatic heterocycles. The summed E-state index contributed by atoms with van der Waals surface area (Å²) in [5.41, 5.74) is 9.43. The standard InChI is InChI=1S/C17H19N3O2/c1-19(14-5-3-2-4-6-14)11-12-7-8-16-13(9-12)10-15(18)17(21)20(16)22/h2-9,15,22H,10-11,18H2,1H3/t15-/m0/s1. The lowest BCUT2D eigenvalue weighted by molar-refractivity contribution is -0.125. The molecule has 0 aliphatic carbocycles. The topological polar surface area (TPSA) is 69.8 Å². The average molecular weight is 297 g/mol. The first-order valence-electron chi connectivity index (χ1n) is 7.22. The van der Waals surface area contributed by atoms with Crippen molar-refractivity contribution in [3.63, 3.8) is 0 Å². The highest BCUT2D eigenvalue weighted by Crippen LogP contribution is 2.28. The molecule has 0 saturated heterocycles. The van der Waals surface area contributed by atoms with Crippen molar-refractivity contribution in [2.24, 2.45) is 5.73 Å². The number of nitrogens with two attached hydrogens (primary N) is 1. The highest BCUT2D eigenvalue weighted by Gasteiger charge is 2.29. The Hall–Kier alpha value is -2.37. The smallest absolute Gasteiger partial charge is 0.267 e. The number of rotatable bonds is 3. The summed E-state index contributed by atoms with van der Waals surface area (Å²) in [4.78, 5) is 13.8. The molecule has 1 amide bonds. The number of fused-ring (bicyclic) bond motifs is 1. The molecule has 2 aromatic carbocycles. The fourth-order valence-electron chi connectivity index (χ4n) is 2.75. The SMILES string of the molecule is CN(Cc1ccc2c(c1)C[C@H](N)C(=O)N2O)c1ccccc1. The van der Waals surface area contributed by atoms with E-state index in [1.807, 2.05) is 37.4 Å². The van der Waals surface area contributed by atoms with Crippen molar-refractivity contribution in [1.82, 2.24) is 0 Å². The molecule has 0 unspecified atom stereocenters. The Kier molecular flexibility index (Phi) is 3.83. The number of amides is 1. The van der Waals surface area contributed by atoms with Crippen molar-refractivity contribution in [1.29, 1.82) is 0 Å². The van der Waals surface area contributed by atoms with Crippen LogP contribution in [0.3, 0.4) is 0 Å². The van der Waals surface area contributed by atoms with E-state index in [4.69, 9.17) is 5.73 Å². The first kappa shape index (κ1) is 14.6. The van der Waals surface area contributed by atoms with Gasteiger partial charge in [0.05, 0.1) is 11.7 Å². The molecule has 0 radical (unpaired) electrons. The number of carbonyl (C=O) groups is 1. The van der Waals surface area contributed by atoms with E-state index in [0.717, 1.165) is 23.4 Å². The van der Waals surface area contributed by atoms with Gasteiger partial charge in [-0.3, -0.25) is 10.0 Å². The van der Waals surface area contributed by atoms with E-state index in [2.05, 4.69) is 17.0 Å². The predicted octanol–water partition coefficient (Wildman–Crippen LogP) is 1.93. The van der Waals surface area contributed by atoms with E-state index in [1.54, 1.807) is 6.07 Å². The lowest BCUT2D eigenvalue weighted by Gasteiger charge is -2.28. The maximum absolute atomic E-state index is 11.7. The van der Waals surface area contributed by atoms with Crippen LogP contribution in [0.25, 0.3) is 0 Å².